The summed E-state index contributed by atoms with van der Waals surface area (Å²) in [6.45, 7) is 7.41. The summed E-state index contributed by atoms with van der Waals surface area (Å²) in [5.74, 6) is -0.934. The molecule has 0 spiro atoms. The Morgan fingerprint density at radius 1 is 0.946 bits per heavy atom. The van der Waals surface area contributed by atoms with Crippen molar-refractivity contribution in [3.8, 4) is 17.6 Å². The van der Waals surface area contributed by atoms with Crippen LogP contribution in [0.3, 0.4) is 0 Å². The number of fused-ring (bicyclic) bond motifs is 1. The van der Waals surface area contributed by atoms with Gasteiger partial charge in [0.25, 0.3) is 0 Å². The van der Waals surface area contributed by atoms with Gasteiger partial charge in [-0.1, -0.05) is 78.9 Å². The lowest BCUT2D eigenvalue weighted by Gasteiger charge is -2.46. The molecule has 2 atom stereocenters. The molecule has 0 aliphatic carbocycles. The van der Waals surface area contributed by atoms with Gasteiger partial charge in [-0.05, 0) is 51.0 Å². The van der Waals surface area contributed by atoms with Crippen LogP contribution in [0.5, 0.6) is 5.88 Å². The predicted octanol–water partition coefficient (Wildman–Crippen LogP) is 5.88. The van der Waals surface area contributed by atoms with Crippen LogP contribution in [0.15, 0.2) is 91.0 Å². The summed E-state index contributed by atoms with van der Waals surface area (Å²) < 4.78 is 14.3. The van der Waals surface area contributed by atoms with Crippen molar-refractivity contribution < 1.29 is 14.3 Å². The Balaban J connectivity index is 1.88. The highest BCUT2D eigenvalue weighted by molar-refractivity contribution is 5.85. The number of carbonyl (C=O) groups is 1. The lowest BCUT2D eigenvalue weighted by molar-refractivity contribution is -0.160. The molecule has 37 heavy (non-hydrogen) atoms. The van der Waals surface area contributed by atoms with Crippen molar-refractivity contribution in [3.05, 3.63) is 113 Å². The monoisotopic (exact) mass is 491 g/mol. The van der Waals surface area contributed by atoms with Crippen LogP contribution in [0.1, 0.15) is 49.1 Å². The zero-order valence-corrected chi connectivity index (χ0v) is 21.4. The lowest BCUT2D eigenvalue weighted by atomic mass is 9.59. The molecule has 0 fully saturated rings. The summed E-state index contributed by atoms with van der Waals surface area (Å²) in [5, 5.41) is 15.4. The number of hydrogen-bond donors (Lipinski definition) is 0. The van der Waals surface area contributed by atoms with E-state index in [0.717, 1.165) is 16.8 Å². The molecule has 3 aromatic carbocycles. The molecule has 1 aromatic heterocycles. The first-order valence-corrected chi connectivity index (χ1v) is 12.3. The molecule has 0 bridgehead atoms. The molecule has 0 N–H and O–H groups in total. The molecule has 1 aliphatic heterocycles. The molecular formula is C31H29N3O3. The van der Waals surface area contributed by atoms with Crippen molar-refractivity contribution in [1.29, 1.82) is 5.26 Å². The minimum Gasteiger partial charge on any atom is -0.459 e. The first-order valence-electron chi connectivity index (χ1n) is 12.3. The standard InChI is InChI=1S/C31H29N3O3/c1-21-26-27(29(35)37-30(2,3)4)31(22-14-8-5-9-15-22,23-16-10-6-11-17-23)25(20-32)36-28(26)34(33-21)24-18-12-7-13-19-24/h5-19,25,27H,1-4H3. The van der Waals surface area contributed by atoms with Crippen LogP contribution in [-0.2, 0) is 14.9 Å². The van der Waals surface area contributed by atoms with Crippen molar-refractivity contribution in [1.82, 2.24) is 9.78 Å². The minimum atomic E-state index is -1.18. The highest BCUT2D eigenvalue weighted by atomic mass is 16.6. The molecule has 2 heterocycles. The Morgan fingerprint density at radius 2 is 1.46 bits per heavy atom. The summed E-state index contributed by atoms with van der Waals surface area (Å²) in [7, 11) is 0. The maximum absolute atomic E-state index is 14.3. The molecule has 0 saturated carbocycles. The average molecular weight is 492 g/mol. The number of nitrogens with zero attached hydrogens (tertiary/aromatic N) is 3. The minimum absolute atomic E-state index is 0.383. The molecular weight excluding hydrogens is 462 g/mol. The molecule has 4 aromatic rings. The molecule has 0 saturated heterocycles. The van der Waals surface area contributed by atoms with Gasteiger partial charge in [0, 0.05) is 0 Å². The van der Waals surface area contributed by atoms with Gasteiger partial charge < -0.3 is 9.47 Å². The Hall–Kier alpha value is -4.37. The third kappa shape index (κ3) is 4.07. The van der Waals surface area contributed by atoms with E-state index in [1.54, 1.807) is 4.68 Å². The topological polar surface area (TPSA) is 77.1 Å². The largest absolute Gasteiger partial charge is 0.459 e. The molecule has 186 valence electrons. The van der Waals surface area contributed by atoms with Crippen molar-refractivity contribution >= 4 is 5.97 Å². The summed E-state index contributed by atoms with van der Waals surface area (Å²) in [4.78, 5) is 14.3. The lowest BCUT2D eigenvalue weighted by Crippen LogP contribution is -2.54. The third-order valence-electron chi connectivity index (χ3n) is 6.71. The fourth-order valence-electron chi connectivity index (χ4n) is 5.31. The number of rotatable bonds is 4. The van der Waals surface area contributed by atoms with Crippen molar-refractivity contribution in [2.24, 2.45) is 0 Å². The summed E-state index contributed by atoms with van der Waals surface area (Å²) in [6, 6.07) is 31.2. The second-order valence-corrected chi connectivity index (χ2v) is 10.2. The van der Waals surface area contributed by atoms with Gasteiger partial charge in [0.05, 0.1) is 22.4 Å². The van der Waals surface area contributed by atoms with Crippen LogP contribution in [0, 0.1) is 18.3 Å². The molecule has 2 unspecified atom stereocenters. The van der Waals surface area contributed by atoms with Crippen LogP contribution >= 0.6 is 0 Å². The third-order valence-corrected chi connectivity index (χ3v) is 6.71. The first kappa shape index (κ1) is 24.3. The van der Waals surface area contributed by atoms with Crippen LogP contribution in [0.4, 0.5) is 0 Å². The van der Waals surface area contributed by atoms with Crippen LogP contribution in [0.25, 0.3) is 5.69 Å². The molecule has 0 amide bonds. The van der Waals surface area contributed by atoms with E-state index in [4.69, 9.17) is 14.6 Å². The van der Waals surface area contributed by atoms with E-state index in [1.165, 1.54) is 0 Å². The highest BCUT2D eigenvalue weighted by Crippen LogP contribution is 2.55. The Kier molecular flexibility index (Phi) is 6.08. The Morgan fingerprint density at radius 3 is 1.95 bits per heavy atom. The molecule has 5 rings (SSSR count). The molecule has 0 radical (unpaired) electrons. The number of aromatic nitrogens is 2. The second kappa shape index (κ2) is 9.25. The SMILES string of the molecule is Cc1nn(-c2ccccc2)c2c1C(C(=O)OC(C)(C)C)C(c1ccccc1)(c1ccccc1)C(C#N)O2. The molecule has 6 heteroatoms. The summed E-state index contributed by atoms with van der Waals surface area (Å²) >= 11 is 0. The number of nitriles is 1. The quantitative estimate of drug-likeness (QED) is 0.333. The fraction of sp³-hybridized carbons (Fsp3) is 0.258. The van der Waals surface area contributed by atoms with E-state index >= 15 is 0 Å². The molecule has 1 aliphatic rings. The predicted molar refractivity (Wildman–Crippen MR) is 141 cm³/mol. The fourth-order valence-corrected chi connectivity index (χ4v) is 5.31. The van der Waals surface area contributed by atoms with Gasteiger partial charge in [0.1, 0.15) is 17.6 Å². The first-order chi connectivity index (χ1) is 17.8. The van der Waals surface area contributed by atoms with Crippen molar-refractivity contribution in [2.75, 3.05) is 0 Å². The normalized spacial score (nSPS) is 18.2. The smallest absolute Gasteiger partial charge is 0.315 e. The zero-order valence-electron chi connectivity index (χ0n) is 21.4. The van der Waals surface area contributed by atoms with Gasteiger partial charge in [0.15, 0.2) is 0 Å². The maximum atomic E-state index is 14.3. The van der Waals surface area contributed by atoms with Crippen LogP contribution in [-0.4, -0.2) is 27.5 Å². The van der Waals surface area contributed by atoms with E-state index in [9.17, 15) is 10.1 Å². The summed E-state index contributed by atoms with van der Waals surface area (Å²) in [5.41, 5.74) is 1.71. The van der Waals surface area contributed by atoms with Crippen molar-refractivity contribution in [3.63, 3.8) is 0 Å². The highest BCUT2D eigenvalue weighted by Gasteiger charge is 2.60. The molecule has 6 nitrogen and oxygen atoms in total. The summed E-state index contributed by atoms with van der Waals surface area (Å²) in [6.07, 6.45) is -1.04. The van der Waals surface area contributed by atoms with E-state index in [1.807, 2.05) is 119 Å². The Labute approximate surface area is 217 Å². The van der Waals surface area contributed by atoms with Gasteiger partial charge in [-0.2, -0.15) is 10.4 Å². The average Bonchev–Trinajstić information content (AvgIpc) is 3.23. The van der Waals surface area contributed by atoms with Gasteiger partial charge in [0.2, 0.25) is 12.0 Å². The number of hydrogen-bond acceptors (Lipinski definition) is 5. The number of carbonyl (C=O) groups excluding carboxylic acids is 1. The zero-order chi connectivity index (χ0) is 26.2. The van der Waals surface area contributed by atoms with Gasteiger partial charge in [-0.25, -0.2) is 4.68 Å². The van der Waals surface area contributed by atoms with E-state index in [0.29, 0.717) is 17.1 Å². The van der Waals surface area contributed by atoms with Crippen LogP contribution < -0.4 is 4.74 Å². The van der Waals surface area contributed by atoms with E-state index in [-0.39, 0.29) is 0 Å². The van der Waals surface area contributed by atoms with Gasteiger partial charge in [-0.3, -0.25) is 4.79 Å². The Bertz CT molecular complexity index is 1410. The van der Waals surface area contributed by atoms with Crippen LogP contribution in [0.2, 0.25) is 0 Å². The number of para-hydroxylation sites is 1. The van der Waals surface area contributed by atoms with E-state index < -0.39 is 29.0 Å². The van der Waals surface area contributed by atoms with Gasteiger partial charge in [-0.15, -0.1) is 0 Å². The number of esters is 1. The van der Waals surface area contributed by atoms with E-state index in [2.05, 4.69) is 6.07 Å². The van der Waals surface area contributed by atoms with Crippen molar-refractivity contribution in [2.45, 2.75) is 50.7 Å². The number of aryl methyl sites for hydroxylation is 1. The number of benzene rings is 3. The van der Waals surface area contributed by atoms with Gasteiger partial charge >= 0.3 is 5.97 Å². The second-order valence-electron chi connectivity index (χ2n) is 10.2. The maximum Gasteiger partial charge on any atom is 0.315 e. The number of ether oxygens (including phenoxy) is 2.